The van der Waals surface area contributed by atoms with Gasteiger partial charge in [-0.15, -0.1) is 0 Å². The molecule has 0 aliphatic carbocycles. The summed E-state index contributed by atoms with van der Waals surface area (Å²) in [5, 5.41) is 4.78. The molecule has 3 aromatic carbocycles. The highest BCUT2D eigenvalue weighted by Gasteiger charge is 2.15. The number of amides is 2. The number of likely N-dealkylation sites (N-methyl/N-ethyl adjacent to an activating group) is 1. The van der Waals surface area contributed by atoms with Gasteiger partial charge in [-0.05, 0) is 45.6 Å². The van der Waals surface area contributed by atoms with Crippen molar-refractivity contribution in [2.75, 3.05) is 25.5 Å². The van der Waals surface area contributed by atoms with Gasteiger partial charge in [0.25, 0.3) is 5.91 Å². The Morgan fingerprint density at radius 2 is 1.86 bits per heavy atom. The van der Waals surface area contributed by atoms with Crippen LogP contribution in [0.5, 0.6) is 5.75 Å². The zero-order valence-corrected chi connectivity index (χ0v) is 16.7. The molecule has 0 spiro atoms. The highest BCUT2D eigenvalue weighted by Crippen LogP contribution is 2.25. The molecule has 0 radical (unpaired) electrons. The summed E-state index contributed by atoms with van der Waals surface area (Å²) in [6.45, 7) is -0.377. The van der Waals surface area contributed by atoms with Crippen molar-refractivity contribution in [3.8, 4) is 5.75 Å². The van der Waals surface area contributed by atoms with Crippen LogP contribution in [0.4, 0.5) is 10.1 Å². The largest absolute Gasteiger partial charge is 0.483 e. The standard InChI is InChI=1S/C21H18BrFN2O3/c1-25(21(27)13-28-19-10-9-15(23)11-17(19)22)12-20(26)24-18-8-4-6-14-5-2-3-7-16(14)18/h2-11H,12-13H2,1H3,(H,24,26). The zero-order valence-electron chi connectivity index (χ0n) is 15.1. The second-order valence-electron chi connectivity index (χ2n) is 6.19. The quantitative estimate of drug-likeness (QED) is 0.619. The smallest absolute Gasteiger partial charge is 0.260 e. The van der Waals surface area contributed by atoms with E-state index in [1.165, 1.54) is 30.1 Å². The average Bonchev–Trinajstić information content (AvgIpc) is 2.67. The number of carbonyl (C=O) groups is 2. The average molecular weight is 445 g/mol. The number of rotatable bonds is 6. The van der Waals surface area contributed by atoms with Crippen molar-refractivity contribution >= 4 is 44.2 Å². The number of fused-ring (bicyclic) bond motifs is 1. The monoisotopic (exact) mass is 444 g/mol. The molecule has 1 N–H and O–H groups in total. The van der Waals surface area contributed by atoms with Gasteiger partial charge in [0, 0.05) is 18.1 Å². The van der Waals surface area contributed by atoms with E-state index in [1.54, 1.807) is 0 Å². The number of hydrogen-bond donors (Lipinski definition) is 1. The van der Waals surface area contributed by atoms with E-state index >= 15 is 0 Å². The van der Waals surface area contributed by atoms with Crippen LogP contribution < -0.4 is 10.1 Å². The van der Waals surface area contributed by atoms with E-state index in [2.05, 4.69) is 21.2 Å². The molecule has 0 heterocycles. The third kappa shape index (κ3) is 4.86. The number of carbonyl (C=O) groups excluding carboxylic acids is 2. The van der Waals surface area contributed by atoms with E-state index in [4.69, 9.17) is 4.74 Å². The van der Waals surface area contributed by atoms with Gasteiger partial charge in [0.1, 0.15) is 11.6 Å². The minimum absolute atomic E-state index is 0.115. The Hall–Kier alpha value is -2.93. The maximum atomic E-state index is 13.1. The Bertz CT molecular complexity index is 1020. The predicted octanol–water partition coefficient (Wildman–Crippen LogP) is 4.22. The second-order valence-corrected chi connectivity index (χ2v) is 7.04. The first kappa shape index (κ1) is 19.8. The third-order valence-electron chi connectivity index (χ3n) is 4.12. The van der Waals surface area contributed by atoms with Gasteiger partial charge in [-0.25, -0.2) is 4.39 Å². The van der Waals surface area contributed by atoms with Crippen LogP contribution in [0.2, 0.25) is 0 Å². The topological polar surface area (TPSA) is 58.6 Å². The molecule has 0 fully saturated rings. The molecule has 7 heteroatoms. The molecule has 3 aromatic rings. The molecule has 0 aliphatic heterocycles. The SMILES string of the molecule is CN(CC(=O)Nc1cccc2ccccc12)C(=O)COc1ccc(F)cc1Br. The first-order chi connectivity index (χ1) is 13.4. The predicted molar refractivity (Wildman–Crippen MR) is 110 cm³/mol. The highest BCUT2D eigenvalue weighted by molar-refractivity contribution is 9.10. The lowest BCUT2D eigenvalue weighted by Crippen LogP contribution is -2.37. The van der Waals surface area contributed by atoms with Crippen molar-refractivity contribution in [1.29, 1.82) is 0 Å². The molecule has 3 rings (SSSR count). The first-order valence-electron chi connectivity index (χ1n) is 8.53. The molecule has 0 saturated heterocycles. The summed E-state index contributed by atoms with van der Waals surface area (Å²) < 4.78 is 18.9. The number of nitrogens with zero attached hydrogens (tertiary/aromatic N) is 1. The van der Waals surface area contributed by atoms with Crippen molar-refractivity contribution in [2.45, 2.75) is 0 Å². The molecule has 0 saturated carbocycles. The summed E-state index contributed by atoms with van der Waals surface area (Å²) in [5.41, 5.74) is 0.690. The Morgan fingerprint density at radius 3 is 2.64 bits per heavy atom. The van der Waals surface area contributed by atoms with Crippen LogP contribution >= 0.6 is 15.9 Å². The summed E-state index contributed by atoms with van der Waals surface area (Å²) in [5.74, 6) is -0.740. The second kappa shape index (κ2) is 8.84. The molecular weight excluding hydrogens is 427 g/mol. The summed E-state index contributed by atoms with van der Waals surface area (Å²) >= 11 is 3.18. The van der Waals surface area contributed by atoms with Crippen molar-refractivity contribution in [2.24, 2.45) is 0 Å². The summed E-state index contributed by atoms with van der Waals surface area (Å²) in [4.78, 5) is 25.8. The minimum Gasteiger partial charge on any atom is -0.483 e. The number of halogens is 2. The summed E-state index contributed by atoms with van der Waals surface area (Å²) in [6.07, 6.45) is 0. The van der Waals surface area contributed by atoms with Crippen LogP contribution in [0.1, 0.15) is 0 Å². The third-order valence-corrected chi connectivity index (χ3v) is 4.74. The molecule has 144 valence electrons. The lowest BCUT2D eigenvalue weighted by Gasteiger charge is -2.18. The molecule has 0 aromatic heterocycles. The van der Waals surface area contributed by atoms with Gasteiger partial charge < -0.3 is 15.0 Å². The first-order valence-corrected chi connectivity index (χ1v) is 9.33. The minimum atomic E-state index is -0.409. The van der Waals surface area contributed by atoms with Gasteiger partial charge in [-0.3, -0.25) is 9.59 Å². The van der Waals surface area contributed by atoms with Crippen LogP contribution in [0.3, 0.4) is 0 Å². The fraction of sp³-hybridized carbons (Fsp3) is 0.143. The van der Waals surface area contributed by atoms with E-state index in [0.29, 0.717) is 15.9 Å². The molecule has 28 heavy (non-hydrogen) atoms. The lowest BCUT2D eigenvalue weighted by molar-refractivity contribution is -0.135. The van der Waals surface area contributed by atoms with Crippen LogP contribution in [-0.2, 0) is 9.59 Å². The van der Waals surface area contributed by atoms with E-state index in [-0.39, 0.29) is 25.0 Å². The van der Waals surface area contributed by atoms with E-state index in [0.717, 1.165) is 10.8 Å². The number of anilines is 1. The van der Waals surface area contributed by atoms with Crippen molar-refractivity contribution in [1.82, 2.24) is 4.90 Å². The highest BCUT2D eigenvalue weighted by atomic mass is 79.9. The Kier molecular flexibility index (Phi) is 6.26. The Morgan fingerprint density at radius 1 is 1.11 bits per heavy atom. The number of ether oxygens (including phenoxy) is 1. The molecule has 0 unspecified atom stereocenters. The van der Waals surface area contributed by atoms with Crippen molar-refractivity contribution < 1.29 is 18.7 Å². The van der Waals surface area contributed by atoms with Gasteiger partial charge >= 0.3 is 0 Å². The van der Waals surface area contributed by atoms with Crippen LogP contribution in [0.25, 0.3) is 10.8 Å². The fourth-order valence-electron chi connectivity index (χ4n) is 2.67. The van der Waals surface area contributed by atoms with Crippen LogP contribution in [0, 0.1) is 5.82 Å². The molecule has 5 nitrogen and oxygen atoms in total. The maximum absolute atomic E-state index is 13.1. The summed E-state index contributed by atoms with van der Waals surface area (Å²) in [6, 6.07) is 17.3. The normalized spacial score (nSPS) is 10.5. The zero-order chi connectivity index (χ0) is 20.1. The lowest BCUT2D eigenvalue weighted by atomic mass is 10.1. The maximum Gasteiger partial charge on any atom is 0.260 e. The van der Waals surface area contributed by atoms with E-state index < -0.39 is 5.82 Å². The van der Waals surface area contributed by atoms with Crippen molar-refractivity contribution in [3.05, 3.63) is 71.0 Å². The van der Waals surface area contributed by atoms with Gasteiger partial charge in [-0.2, -0.15) is 0 Å². The van der Waals surface area contributed by atoms with Crippen molar-refractivity contribution in [3.63, 3.8) is 0 Å². The number of nitrogens with one attached hydrogen (secondary N) is 1. The van der Waals surface area contributed by atoms with Gasteiger partial charge in [0.05, 0.1) is 11.0 Å². The molecule has 2 amide bonds. The number of benzene rings is 3. The molecule has 0 bridgehead atoms. The number of hydrogen-bond acceptors (Lipinski definition) is 3. The van der Waals surface area contributed by atoms with Crippen LogP contribution in [-0.4, -0.2) is 36.9 Å². The molecule has 0 atom stereocenters. The Labute approximate surface area is 170 Å². The molecule has 0 aliphatic rings. The van der Waals surface area contributed by atoms with Gasteiger partial charge in [0.15, 0.2) is 6.61 Å². The van der Waals surface area contributed by atoms with Gasteiger partial charge in [0.2, 0.25) is 5.91 Å². The fourth-order valence-corrected chi connectivity index (χ4v) is 3.13. The van der Waals surface area contributed by atoms with E-state index in [1.807, 2.05) is 42.5 Å². The van der Waals surface area contributed by atoms with Gasteiger partial charge in [-0.1, -0.05) is 36.4 Å². The Balaban J connectivity index is 1.56. The van der Waals surface area contributed by atoms with Crippen LogP contribution in [0.15, 0.2) is 65.1 Å². The van der Waals surface area contributed by atoms with E-state index in [9.17, 15) is 14.0 Å². The summed E-state index contributed by atoms with van der Waals surface area (Å²) in [7, 11) is 1.52. The molecular formula is C21H18BrFN2O3.